The topological polar surface area (TPSA) is 101 Å². The van der Waals surface area contributed by atoms with Crippen molar-refractivity contribution in [3.8, 4) is 0 Å². The van der Waals surface area contributed by atoms with Gasteiger partial charge >= 0.3 is 5.97 Å². The zero-order chi connectivity index (χ0) is 15.0. The summed E-state index contributed by atoms with van der Waals surface area (Å²) in [6.45, 7) is 1.59. The first-order chi connectivity index (χ1) is 10.1. The fourth-order valence-corrected chi connectivity index (χ4v) is 3.72. The molecule has 1 aliphatic heterocycles. The Kier molecular flexibility index (Phi) is 3.67. The summed E-state index contributed by atoms with van der Waals surface area (Å²) in [5.74, 6) is -0.773. The van der Waals surface area contributed by atoms with E-state index in [2.05, 4.69) is 4.98 Å². The molecule has 3 rings (SSSR count). The first kappa shape index (κ1) is 14.1. The second kappa shape index (κ2) is 5.48. The molecular formula is C14H20N4O3. The van der Waals surface area contributed by atoms with E-state index < -0.39 is 12.0 Å². The van der Waals surface area contributed by atoms with Crippen LogP contribution in [0.5, 0.6) is 0 Å². The Morgan fingerprint density at radius 2 is 2.24 bits per heavy atom. The zero-order valence-corrected chi connectivity index (χ0v) is 11.8. The maximum absolute atomic E-state index is 12.6. The van der Waals surface area contributed by atoms with Crippen LogP contribution < -0.4 is 5.73 Å². The highest BCUT2D eigenvalue weighted by molar-refractivity contribution is 5.95. The van der Waals surface area contributed by atoms with Crippen molar-refractivity contribution in [3.63, 3.8) is 0 Å². The summed E-state index contributed by atoms with van der Waals surface area (Å²) in [5.41, 5.74) is 5.77. The lowest BCUT2D eigenvalue weighted by atomic mass is 9.94. The summed E-state index contributed by atoms with van der Waals surface area (Å²) in [4.78, 5) is 29.7. The number of amides is 1. The second-order valence-electron chi connectivity index (χ2n) is 5.88. The van der Waals surface area contributed by atoms with E-state index in [1.165, 1.54) is 4.90 Å². The van der Waals surface area contributed by atoms with Crippen LogP contribution >= 0.6 is 0 Å². The molecule has 7 heteroatoms. The molecule has 3 atom stereocenters. The fraction of sp³-hybridized carbons (Fsp3) is 0.643. The van der Waals surface area contributed by atoms with Gasteiger partial charge in [-0.3, -0.25) is 4.79 Å². The number of carboxylic acids is 1. The van der Waals surface area contributed by atoms with Gasteiger partial charge < -0.3 is 20.3 Å². The van der Waals surface area contributed by atoms with Gasteiger partial charge in [0.1, 0.15) is 11.7 Å². The molecule has 7 nitrogen and oxygen atoms in total. The monoisotopic (exact) mass is 292 g/mol. The second-order valence-corrected chi connectivity index (χ2v) is 5.88. The molecule has 2 heterocycles. The summed E-state index contributed by atoms with van der Waals surface area (Å²) >= 11 is 0. The van der Waals surface area contributed by atoms with Gasteiger partial charge in [-0.2, -0.15) is 0 Å². The minimum atomic E-state index is -0.904. The van der Waals surface area contributed by atoms with E-state index in [1.807, 2.05) is 0 Å². The molecule has 1 saturated heterocycles. The average molecular weight is 292 g/mol. The number of aliphatic carboxylic acids is 1. The van der Waals surface area contributed by atoms with Gasteiger partial charge in [-0.05, 0) is 24.7 Å². The molecule has 0 bridgehead atoms. The smallest absolute Gasteiger partial charge is 0.326 e. The van der Waals surface area contributed by atoms with E-state index in [0.717, 1.165) is 19.3 Å². The molecule has 1 amide bonds. The number of fused-ring (bicyclic) bond motifs is 1. The number of carboxylic acid groups (broad SMARTS) is 1. The number of aromatic nitrogens is 2. The first-order valence-electron chi connectivity index (χ1n) is 7.37. The average Bonchev–Trinajstić information content (AvgIpc) is 3.11. The predicted octanol–water partition coefficient (Wildman–Crippen LogP) is 0.167. The lowest BCUT2D eigenvalue weighted by Gasteiger charge is -2.23. The zero-order valence-electron chi connectivity index (χ0n) is 11.8. The van der Waals surface area contributed by atoms with Crippen molar-refractivity contribution in [2.24, 2.45) is 17.6 Å². The minimum absolute atomic E-state index is 0.0950. The number of carbonyl (C=O) groups excluding carboxylic acids is 1. The summed E-state index contributed by atoms with van der Waals surface area (Å²) in [6, 6.07) is -0.704. The summed E-state index contributed by atoms with van der Waals surface area (Å²) in [7, 11) is 0. The van der Waals surface area contributed by atoms with E-state index in [0.29, 0.717) is 31.2 Å². The molecule has 1 aromatic rings. The van der Waals surface area contributed by atoms with Crippen molar-refractivity contribution < 1.29 is 14.7 Å². The standard InChI is InChI=1S/C14H20N4O3/c15-4-5-17-7-11(16-8-17)13(19)18-6-9-2-1-3-10(9)12(18)14(20)21/h7-10,12H,1-6,15H2,(H,20,21). The van der Waals surface area contributed by atoms with E-state index in [1.54, 1.807) is 17.1 Å². The summed E-state index contributed by atoms with van der Waals surface area (Å²) in [5, 5.41) is 9.48. The highest BCUT2D eigenvalue weighted by Crippen LogP contribution is 2.42. The van der Waals surface area contributed by atoms with Gasteiger partial charge in [0.05, 0.1) is 6.33 Å². The highest BCUT2D eigenvalue weighted by Gasteiger charge is 2.49. The number of imidazole rings is 1. The Balaban J connectivity index is 1.81. The lowest BCUT2D eigenvalue weighted by Crippen LogP contribution is -2.43. The van der Waals surface area contributed by atoms with Gasteiger partial charge in [0, 0.05) is 25.8 Å². The van der Waals surface area contributed by atoms with Crippen LogP contribution in [-0.4, -0.2) is 50.6 Å². The predicted molar refractivity (Wildman–Crippen MR) is 74.6 cm³/mol. The van der Waals surface area contributed by atoms with Crippen LogP contribution in [0, 0.1) is 11.8 Å². The Morgan fingerprint density at radius 1 is 1.43 bits per heavy atom. The maximum Gasteiger partial charge on any atom is 0.326 e. The van der Waals surface area contributed by atoms with E-state index >= 15 is 0 Å². The quantitative estimate of drug-likeness (QED) is 0.823. The molecule has 21 heavy (non-hydrogen) atoms. The van der Waals surface area contributed by atoms with Gasteiger partial charge in [0.15, 0.2) is 0 Å². The molecule has 1 aromatic heterocycles. The van der Waals surface area contributed by atoms with Gasteiger partial charge in [-0.15, -0.1) is 0 Å². The number of nitrogens with two attached hydrogens (primary N) is 1. The largest absolute Gasteiger partial charge is 0.480 e. The Hall–Kier alpha value is -1.89. The molecule has 0 radical (unpaired) electrons. The highest BCUT2D eigenvalue weighted by atomic mass is 16.4. The number of rotatable bonds is 4. The van der Waals surface area contributed by atoms with Crippen molar-refractivity contribution >= 4 is 11.9 Å². The molecule has 2 aliphatic rings. The molecular weight excluding hydrogens is 272 g/mol. The van der Waals surface area contributed by atoms with Gasteiger partial charge in [-0.1, -0.05) is 6.42 Å². The van der Waals surface area contributed by atoms with Gasteiger partial charge in [-0.25, -0.2) is 9.78 Å². The molecule has 0 aromatic carbocycles. The first-order valence-corrected chi connectivity index (χ1v) is 7.37. The maximum atomic E-state index is 12.6. The van der Waals surface area contributed by atoms with E-state index in [4.69, 9.17) is 5.73 Å². The Labute approximate surface area is 122 Å². The molecule has 3 unspecified atom stereocenters. The summed E-state index contributed by atoms with van der Waals surface area (Å²) < 4.78 is 1.75. The van der Waals surface area contributed by atoms with Crippen molar-refractivity contribution in [2.45, 2.75) is 31.8 Å². The number of hydrogen-bond acceptors (Lipinski definition) is 4. The molecule has 1 aliphatic carbocycles. The number of carbonyl (C=O) groups is 2. The van der Waals surface area contributed by atoms with Crippen molar-refractivity contribution in [3.05, 3.63) is 18.2 Å². The Morgan fingerprint density at radius 3 is 2.95 bits per heavy atom. The van der Waals surface area contributed by atoms with Crippen LogP contribution in [0.4, 0.5) is 0 Å². The lowest BCUT2D eigenvalue weighted by molar-refractivity contribution is -0.142. The molecule has 3 N–H and O–H groups in total. The number of likely N-dealkylation sites (tertiary alicyclic amines) is 1. The van der Waals surface area contributed by atoms with Crippen molar-refractivity contribution in [2.75, 3.05) is 13.1 Å². The fourth-order valence-electron chi connectivity index (χ4n) is 3.72. The van der Waals surface area contributed by atoms with Gasteiger partial charge in [0.25, 0.3) is 5.91 Å². The molecule has 2 fully saturated rings. The third-order valence-electron chi connectivity index (χ3n) is 4.64. The third-order valence-corrected chi connectivity index (χ3v) is 4.64. The van der Waals surface area contributed by atoms with Crippen molar-refractivity contribution in [1.82, 2.24) is 14.5 Å². The van der Waals surface area contributed by atoms with Crippen LogP contribution in [0.15, 0.2) is 12.5 Å². The molecule has 1 saturated carbocycles. The summed E-state index contributed by atoms with van der Waals surface area (Å²) in [6.07, 6.45) is 6.17. The van der Waals surface area contributed by atoms with E-state index in [-0.39, 0.29) is 11.8 Å². The van der Waals surface area contributed by atoms with Crippen LogP contribution in [-0.2, 0) is 11.3 Å². The van der Waals surface area contributed by atoms with E-state index in [9.17, 15) is 14.7 Å². The number of nitrogens with zero attached hydrogens (tertiary/aromatic N) is 3. The van der Waals surface area contributed by atoms with Crippen LogP contribution in [0.2, 0.25) is 0 Å². The van der Waals surface area contributed by atoms with Gasteiger partial charge in [0.2, 0.25) is 0 Å². The van der Waals surface area contributed by atoms with Crippen LogP contribution in [0.25, 0.3) is 0 Å². The number of hydrogen-bond donors (Lipinski definition) is 2. The molecule has 0 spiro atoms. The normalized spacial score (nSPS) is 27.9. The SMILES string of the molecule is NCCn1cnc(C(=O)N2CC3CCCC3C2C(=O)O)c1. The Bertz CT molecular complexity index is 556. The minimum Gasteiger partial charge on any atom is -0.480 e. The van der Waals surface area contributed by atoms with Crippen molar-refractivity contribution in [1.29, 1.82) is 0 Å². The van der Waals surface area contributed by atoms with Crippen LogP contribution in [0.3, 0.4) is 0 Å². The molecule has 114 valence electrons. The van der Waals surface area contributed by atoms with Crippen LogP contribution in [0.1, 0.15) is 29.8 Å². The third kappa shape index (κ3) is 2.42.